The summed E-state index contributed by atoms with van der Waals surface area (Å²) < 4.78 is 33.9. The Kier molecular flexibility index (Phi) is 5.74. The van der Waals surface area contributed by atoms with Crippen LogP contribution >= 0.6 is 0 Å². The van der Waals surface area contributed by atoms with Crippen LogP contribution in [0.15, 0.2) is 29.2 Å². The zero-order valence-corrected chi connectivity index (χ0v) is 15.3. The first-order chi connectivity index (χ1) is 12.1. The van der Waals surface area contributed by atoms with Crippen molar-refractivity contribution in [2.75, 3.05) is 32.8 Å². The summed E-state index contributed by atoms with van der Waals surface area (Å²) in [6.07, 6.45) is 5.56. The molecule has 25 heavy (non-hydrogen) atoms. The fourth-order valence-electron chi connectivity index (χ4n) is 4.14. The van der Waals surface area contributed by atoms with Crippen LogP contribution < -0.4 is 9.62 Å². The Hall–Kier alpha value is -1.46. The van der Waals surface area contributed by atoms with Gasteiger partial charge in [-0.25, -0.2) is 13.1 Å². The summed E-state index contributed by atoms with van der Waals surface area (Å²) in [6, 6.07) is 8.34. The highest BCUT2D eigenvalue weighted by Crippen LogP contribution is 2.26. The molecule has 6 nitrogen and oxygen atoms in total. The summed E-state index contributed by atoms with van der Waals surface area (Å²) in [6.45, 7) is 3.75. The SMILES string of the molecule is N#Cc1ccccc1S(=O)(=O)NCC1([NH+]2CCOCC2)CCCCC1. The summed E-state index contributed by atoms with van der Waals surface area (Å²) in [5.41, 5.74) is 0.128. The van der Waals surface area contributed by atoms with E-state index >= 15 is 0 Å². The molecule has 1 heterocycles. The van der Waals surface area contributed by atoms with Crippen LogP contribution in [0.3, 0.4) is 0 Å². The fourth-order valence-corrected chi connectivity index (χ4v) is 5.42. The first-order valence-electron chi connectivity index (χ1n) is 8.99. The average molecular weight is 364 g/mol. The molecule has 0 aromatic heterocycles. The molecule has 1 aliphatic carbocycles. The van der Waals surface area contributed by atoms with E-state index in [0.717, 1.165) is 52.0 Å². The van der Waals surface area contributed by atoms with Crippen LogP contribution in [-0.4, -0.2) is 46.8 Å². The Bertz CT molecular complexity index is 730. The standard InChI is InChI=1S/C18H25N3O3S/c19-14-16-6-2-3-7-17(16)25(22,23)20-15-18(8-4-1-5-9-18)21-10-12-24-13-11-21/h2-3,6-7,20H,1,4-5,8-13,15H2/p+1. The molecule has 0 radical (unpaired) electrons. The van der Waals surface area contributed by atoms with Crippen LogP contribution in [0.25, 0.3) is 0 Å². The molecule has 2 aliphatic rings. The molecule has 0 bridgehead atoms. The highest BCUT2D eigenvalue weighted by atomic mass is 32.2. The largest absolute Gasteiger partial charge is 0.370 e. The average Bonchev–Trinajstić information content (AvgIpc) is 2.68. The summed E-state index contributed by atoms with van der Waals surface area (Å²) in [7, 11) is -3.70. The van der Waals surface area contributed by atoms with Crippen molar-refractivity contribution in [3.63, 3.8) is 0 Å². The van der Waals surface area contributed by atoms with Gasteiger partial charge in [-0.15, -0.1) is 0 Å². The van der Waals surface area contributed by atoms with Gasteiger partial charge in [-0.05, 0) is 25.0 Å². The van der Waals surface area contributed by atoms with Crippen molar-refractivity contribution in [1.29, 1.82) is 5.26 Å². The van der Waals surface area contributed by atoms with E-state index in [1.165, 1.54) is 23.5 Å². The van der Waals surface area contributed by atoms with Crippen LogP contribution in [0.4, 0.5) is 0 Å². The number of quaternary nitrogens is 1. The number of nitrogens with one attached hydrogen (secondary N) is 2. The summed E-state index contributed by atoms with van der Waals surface area (Å²) in [4.78, 5) is 1.52. The molecule has 7 heteroatoms. The molecule has 0 amide bonds. The molecule has 1 saturated heterocycles. The number of nitrogens with zero attached hydrogens (tertiary/aromatic N) is 1. The maximum Gasteiger partial charge on any atom is 0.242 e. The zero-order chi connectivity index (χ0) is 17.8. The molecule has 1 saturated carbocycles. The summed E-state index contributed by atoms with van der Waals surface area (Å²) in [5.74, 6) is 0. The zero-order valence-electron chi connectivity index (χ0n) is 14.5. The van der Waals surface area contributed by atoms with E-state index in [-0.39, 0.29) is 16.0 Å². The van der Waals surface area contributed by atoms with Crippen molar-refractivity contribution >= 4 is 10.0 Å². The van der Waals surface area contributed by atoms with Gasteiger partial charge < -0.3 is 9.64 Å². The normalized spacial score (nSPS) is 21.6. The van der Waals surface area contributed by atoms with Crippen molar-refractivity contribution in [3.05, 3.63) is 29.8 Å². The number of sulfonamides is 1. The molecule has 1 aromatic rings. The third-order valence-electron chi connectivity index (χ3n) is 5.55. The van der Waals surface area contributed by atoms with E-state index in [1.54, 1.807) is 12.1 Å². The number of hydrogen-bond acceptors (Lipinski definition) is 4. The number of benzene rings is 1. The molecular formula is C18H26N3O3S+. The quantitative estimate of drug-likeness (QED) is 0.795. The molecule has 136 valence electrons. The monoisotopic (exact) mass is 364 g/mol. The molecule has 0 unspecified atom stereocenters. The van der Waals surface area contributed by atoms with Gasteiger partial charge >= 0.3 is 0 Å². The summed E-state index contributed by atoms with van der Waals surface area (Å²) in [5, 5.41) is 9.19. The third kappa shape index (κ3) is 4.04. The Balaban J connectivity index is 1.79. The van der Waals surface area contributed by atoms with Gasteiger partial charge in [-0.1, -0.05) is 18.6 Å². The van der Waals surface area contributed by atoms with E-state index in [9.17, 15) is 13.7 Å². The van der Waals surface area contributed by atoms with Crippen LogP contribution in [0.5, 0.6) is 0 Å². The van der Waals surface area contributed by atoms with Gasteiger partial charge in [0, 0.05) is 12.8 Å². The number of hydrogen-bond donors (Lipinski definition) is 2. The van der Waals surface area contributed by atoms with E-state index in [1.807, 2.05) is 6.07 Å². The van der Waals surface area contributed by atoms with Crippen LogP contribution in [0.1, 0.15) is 37.7 Å². The first kappa shape index (κ1) is 18.3. The van der Waals surface area contributed by atoms with E-state index in [4.69, 9.17) is 4.74 Å². The minimum absolute atomic E-state index is 0.0588. The Morgan fingerprint density at radius 1 is 1.16 bits per heavy atom. The minimum Gasteiger partial charge on any atom is -0.370 e. The highest BCUT2D eigenvalue weighted by molar-refractivity contribution is 7.89. The minimum atomic E-state index is -3.70. The fraction of sp³-hybridized carbons (Fsp3) is 0.611. The van der Waals surface area contributed by atoms with Crippen molar-refractivity contribution in [2.45, 2.75) is 42.5 Å². The number of morpholine rings is 1. The van der Waals surface area contributed by atoms with Gasteiger partial charge in [-0.2, -0.15) is 5.26 Å². The number of nitriles is 1. The van der Waals surface area contributed by atoms with Gasteiger partial charge in [-0.3, -0.25) is 0 Å². The van der Waals surface area contributed by atoms with Crippen molar-refractivity contribution in [1.82, 2.24) is 4.72 Å². The second-order valence-corrected chi connectivity index (χ2v) is 8.72. The second kappa shape index (κ2) is 7.83. The molecule has 2 fully saturated rings. The third-order valence-corrected chi connectivity index (χ3v) is 7.01. The maximum atomic E-state index is 12.8. The first-order valence-corrected chi connectivity index (χ1v) is 10.5. The van der Waals surface area contributed by atoms with Crippen LogP contribution in [0, 0.1) is 11.3 Å². The molecule has 1 aliphatic heterocycles. The van der Waals surface area contributed by atoms with Crippen molar-refractivity contribution < 1.29 is 18.1 Å². The topological polar surface area (TPSA) is 83.6 Å². The van der Waals surface area contributed by atoms with Crippen LogP contribution in [-0.2, 0) is 14.8 Å². The lowest BCUT2D eigenvalue weighted by Crippen LogP contribution is -3.23. The molecule has 0 spiro atoms. The lowest BCUT2D eigenvalue weighted by atomic mass is 9.80. The smallest absolute Gasteiger partial charge is 0.242 e. The Morgan fingerprint density at radius 3 is 2.52 bits per heavy atom. The predicted molar refractivity (Wildman–Crippen MR) is 93.7 cm³/mol. The maximum absolute atomic E-state index is 12.8. The van der Waals surface area contributed by atoms with Gasteiger partial charge in [0.15, 0.2) is 0 Å². The molecule has 0 atom stereocenters. The van der Waals surface area contributed by atoms with E-state index in [2.05, 4.69) is 4.72 Å². The molecule has 1 aromatic carbocycles. The molecule has 2 N–H and O–H groups in total. The van der Waals surface area contributed by atoms with Crippen molar-refractivity contribution in [3.8, 4) is 6.07 Å². The predicted octanol–water partition coefficient (Wildman–Crippen LogP) is 0.455. The Labute approximate surface area is 149 Å². The lowest BCUT2D eigenvalue weighted by Gasteiger charge is -2.45. The van der Waals surface area contributed by atoms with Gasteiger partial charge in [0.25, 0.3) is 0 Å². The second-order valence-electron chi connectivity index (χ2n) is 6.99. The van der Waals surface area contributed by atoms with E-state index < -0.39 is 10.0 Å². The number of ether oxygens (including phenoxy) is 1. The lowest BCUT2D eigenvalue weighted by molar-refractivity contribution is -0.960. The van der Waals surface area contributed by atoms with Crippen molar-refractivity contribution in [2.24, 2.45) is 0 Å². The number of rotatable bonds is 5. The highest BCUT2D eigenvalue weighted by Gasteiger charge is 2.43. The Morgan fingerprint density at radius 2 is 1.84 bits per heavy atom. The van der Waals surface area contributed by atoms with Gasteiger partial charge in [0.1, 0.15) is 24.7 Å². The molecular weight excluding hydrogens is 338 g/mol. The van der Waals surface area contributed by atoms with E-state index in [0.29, 0.717) is 6.54 Å². The van der Waals surface area contributed by atoms with Gasteiger partial charge in [0.2, 0.25) is 10.0 Å². The molecule has 3 rings (SSSR count). The summed E-state index contributed by atoms with van der Waals surface area (Å²) >= 11 is 0. The van der Waals surface area contributed by atoms with Crippen LogP contribution in [0.2, 0.25) is 0 Å². The van der Waals surface area contributed by atoms with Gasteiger partial charge in [0.05, 0.1) is 30.2 Å².